The lowest BCUT2D eigenvalue weighted by atomic mass is 9.75. The van der Waals surface area contributed by atoms with Crippen molar-refractivity contribution >= 4 is 65.6 Å². The van der Waals surface area contributed by atoms with E-state index in [0.29, 0.717) is 0 Å². The van der Waals surface area contributed by atoms with Gasteiger partial charge in [0.05, 0.1) is 11.2 Å². The van der Waals surface area contributed by atoms with Crippen molar-refractivity contribution in [1.82, 2.24) is 0 Å². The van der Waals surface area contributed by atoms with Gasteiger partial charge >= 0.3 is 7.12 Å². The van der Waals surface area contributed by atoms with Crippen LogP contribution in [0.2, 0.25) is 0 Å². The second kappa shape index (κ2) is 7.59. The maximum absolute atomic E-state index is 6.43. The van der Waals surface area contributed by atoms with Crippen molar-refractivity contribution in [2.75, 3.05) is 0 Å². The molecule has 32 heavy (non-hydrogen) atoms. The average Bonchev–Trinajstić information content (AvgIpc) is 3.28. The van der Waals surface area contributed by atoms with Gasteiger partial charge in [-0.1, -0.05) is 74.5 Å². The molecule has 1 fully saturated rings. The van der Waals surface area contributed by atoms with Crippen LogP contribution in [0, 0.1) is 0 Å². The van der Waals surface area contributed by atoms with E-state index in [9.17, 15) is 0 Å². The van der Waals surface area contributed by atoms with E-state index in [1.165, 1.54) is 41.7 Å². The Morgan fingerprint density at radius 3 is 1.97 bits per heavy atom. The van der Waals surface area contributed by atoms with Crippen molar-refractivity contribution in [1.29, 1.82) is 0 Å². The molecule has 0 N–H and O–H groups in total. The second-order valence-corrected chi connectivity index (χ2v) is 10.3. The third kappa shape index (κ3) is 3.08. The highest BCUT2D eigenvalue weighted by molar-refractivity contribution is 7.27. The van der Waals surface area contributed by atoms with Gasteiger partial charge in [0.15, 0.2) is 0 Å². The molecule has 0 radical (unpaired) electrons. The fourth-order valence-electron chi connectivity index (χ4n) is 4.56. The lowest BCUT2D eigenvalue weighted by molar-refractivity contribution is 0.00578. The minimum Gasteiger partial charge on any atom is -0.399 e. The molecule has 2 heterocycles. The van der Waals surface area contributed by atoms with Crippen molar-refractivity contribution < 1.29 is 9.31 Å². The largest absolute Gasteiger partial charge is 0.495 e. The van der Waals surface area contributed by atoms with Crippen LogP contribution in [-0.2, 0) is 9.31 Å². The highest BCUT2D eigenvalue weighted by Gasteiger charge is 2.52. The molecule has 1 aliphatic rings. The summed E-state index contributed by atoms with van der Waals surface area (Å²) >= 11 is 1.87. The number of thiophene rings is 1. The SMILES string of the molecule is CC.CC1(C)OB(c2cc3sc4c5ccccc5ccc4c3c3ccccc23)OC1(C)C. The zero-order valence-corrected chi connectivity index (χ0v) is 20.5. The summed E-state index contributed by atoms with van der Waals surface area (Å²) in [7, 11) is -0.369. The first kappa shape index (κ1) is 21.5. The monoisotopic (exact) mass is 440 g/mol. The van der Waals surface area contributed by atoms with Gasteiger partial charge in [-0.25, -0.2) is 0 Å². The predicted octanol–water partition coefficient (Wildman–Crippen LogP) is 7.69. The van der Waals surface area contributed by atoms with Crippen molar-refractivity contribution in [2.45, 2.75) is 52.7 Å². The van der Waals surface area contributed by atoms with Gasteiger partial charge in [-0.3, -0.25) is 0 Å². The highest BCUT2D eigenvalue weighted by atomic mass is 32.1. The molecule has 4 heteroatoms. The Balaban J connectivity index is 0.00000105. The van der Waals surface area contributed by atoms with E-state index in [1.54, 1.807) is 0 Å². The number of fused-ring (bicyclic) bond motifs is 7. The maximum Gasteiger partial charge on any atom is 0.495 e. The van der Waals surface area contributed by atoms with E-state index in [-0.39, 0.29) is 18.3 Å². The van der Waals surface area contributed by atoms with Crippen molar-refractivity contribution in [3.05, 3.63) is 66.7 Å². The Labute approximate surface area is 194 Å². The van der Waals surface area contributed by atoms with Gasteiger partial charge in [-0.05, 0) is 60.8 Å². The number of hydrogen-bond acceptors (Lipinski definition) is 3. The predicted molar refractivity (Wildman–Crippen MR) is 141 cm³/mol. The van der Waals surface area contributed by atoms with Crippen LogP contribution in [0.15, 0.2) is 66.7 Å². The van der Waals surface area contributed by atoms with E-state index in [2.05, 4.69) is 94.4 Å². The molecule has 0 aliphatic carbocycles. The molecule has 4 aromatic carbocycles. The molecule has 0 bridgehead atoms. The smallest absolute Gasteiger partial charge is 0.399 e. The Kier molecular flexibility index (Phi) is 5.09. The molecular weight excluding hydrogens is 411 g/mol. The third-order valence-electron chi connectivity index (χ3n) is 6.91. The van der Waals surface area contributed by atoms with Gasteiger partial charge in [0.2, 0.25) is 0 Å². The highest BCUT2D eigenvalue weighted by Crippen LogP contribution is 2.42. The van der Waals surface area contributed by atoms with E-state index in [1.807, 2.05) is 25.2 Å². The topological polar surface area (TPSA) is 18.5 Å². The van der Waals surface area contributed by atoms with Crippen LogP contribution in [0.25, 0.3) is 41.7 Å². The van der Waals surface area contributed by atoms with Crippen LogP contribution in [0.1, 0.15) is 41.5 Å². The quantitative estimate of drug-likeness (QED) is 0.249. The maximum atomic E-state index is 6.43. The van der Waals surface area contributed by atoms with Crippen LogP contribution < -0.4 is 5.46 Å². The summed E-state index contributed by atoms with van der Waals surface area (Å²) in [5.74, 6) is 0. The van der Waals surface area contributed by atoms with Crippen molar-refractivity contribution in [3.63, 3.8) is 0 Å². The first-order valence-corrected chi connectivity index (χ1v) is 12.3. The van der Waals surface area contributed by atoms with Crippen LogP contribution in [-0.4, -0.2) is 18.3 Å². The standard InChI is InChI=1S/C26H23BO2S.C2H6/c1-25(2)26(3,4)29-27(28-25)21-15-22-23(19-12-8-7-11-18(19)21)20-14-13-16-9-5-6-10-17(16)24(20)30-22;1-2/h5-15H,1-4H3;1-2H3. The fourth-order valence-corrected chi connectivity index (χ4v) is 5.86. The van der Waals surface area contributed by atoms with Gasteiger partial charge < -0.3 is 9.31 Å². The summed E-state index contributed by atoms with van der Waals surface area (Å²) in [6.45, 7) is 12.4. The fraction of sp³-hybridized carbons (Fsp3) is 0.286. The number of rotatable bonds is 1. The zero-order valence-electron chi connectivity index (χ0n) is 19.7. The summed E-state index contributed by atoms with van der Waals surface area (Å²) in [6, 6.07) is 24.1. The summed E-state index contributed by atoms with van der Waals surface area (Å²) in [6.07, 6.45) is 0. The first-order valence-electron chi connectivity index (χ1n) is 11.5. The van der Waals surface area contributed by atoms with Crippen LogP contribution >= 0.6 is 11.3 Å². The molecule has 6 rings (SSSR count). The number of hydrogen-bond donors (Lipinski definition) is 0. The van der Waals surface area contributed by atoms with Crippen LogP contribution in [0.3, 0.4) is 0 Å². The van der Waals surface area contributed by atoms with Crippen molar-refractivity contribution in [2.24, 2.45) is 0 Å². The molecular formula is C28H29BO2S. The molecule has 1 aromatic heterocycles. The van der Waals surface area contributed by atoms with E-state index < -0.39 is 0 Å². The van der Waals surface area contributed by atoms with Gasteiger partial charge in [-0.2, -0.15) is 0 Å². The molecule has 0 amide bonds. The molecule has 0 saturated carbocycles. The van der Waals surface area contributed by atoms with E-state index in [0.717, 1.165) is 5.46 Å². The zero-order chi connectivity index (χ0) is 22.7. The number of benzene rings is 4. The normalized spacial score (nSPS) is 17.2. The van der Waals surface area contributed by atoms with Gasteiger partial charge in [0, 0.05) is 20.2 Å². The Morgan fingerprint density at radius 1 is 0.688 bits per heavy atom. The first-order chi connectivity index (χ1) is 15.4. The Bertz CT molecular complexity index is 1450. The molecule has 0 atom stereocenters. The minimum absolute atomic E-state index is 0.357. The van der Waals surface area contributed by atoms with Crippen LogP contribution in [0.5, 0.6) is 0 Å². The second-order valence-electron chi connectivity index (χ2n) is 9.24. The summed E-state index contributed by atoms with van der Waals surface area (Å²) < 4.78 is 15.5. The molecule has 1 saturated heterocycles. The summed E-state index contributed by atoms with van der Waals surface area (Å²) in [5, 5.41) is 7.73. The molecule has 0 spiro atoms. The lowest BCUT2D eigenvalue weighted by Crippen LogP contribution is -2.41. The summed E-state index contributed by atoms with van der Waals surface area (Å²) in [4.78, 5) is 0. The lowest BCUT2D eigenvalue weighted by Gasteiger charge is -2.32. The summed E-state index contributed by atoms with van der Waals surface area (Å²) in [5.41, 5.74) is 0.404. The molecule has 0 unspecified atom stereocenters. The Hall–Kier alpha value is -2.40. The molecule has 162 valence electrons. The average molecular weight is 440 g/mol. The molecule has 2 nitrogen and oxygen atoms in total. The van der Waals surface area contributed by atoms with E-state index >= 15 is 0 Å². The molecule has 5 aromatic rings. The Morgan fingerprint density at radius 2 is 1.28 bits per heavy atom. The van der Waals surface area contributed by atoms with Crippen LogP contribution in [0.4, 0.5) is 0 Å². The molecule has 1 aliphatic heterocycles. The van der Waals surface area contributed by atoms with Gasteiger partial charge in [0.25, 0.3) is 0 Å². The third-order valence-corrected chi connectivity index (χ3v) is 8.09. The van der Waals surface area contributed by atoms with Crippen molar-refractivity contribution in [3.8, 4) is 0 Å². The van der Waals surface area contributed by atoms with E-state index in [4.69, 9.17) is 9.31 Å². The van der Waals surface area contributed by atoms with Gasteiger partial charge in [0.1, 0.15) is 0 Å². The van der Waals surface area contributed by atoms with Gasteiger partial charge in [-0.15, -0.1) is 11.3 Å². The minimum atomic E-state index is -0.369.